The maximum Gasteiger partial charge on any atom is 0.0140 e. The zero-order valence-corrected chi connectivity index (χ0v) is 9.75. The van der Waals surface area contributed by atoms with Crippen LogP contribution in [0.5, 0.6) is 0 Å². The van der Waals surface area contributed by atoms with Crippen LogP contribution in [-0.4, -0.2) is 0 Å². The molecule has 0 heteroatoms. The predicted octanol–water partition coefficient (Wildman–Crippen LogP) is 4.40. The number of benzene rings is 1. The Morgan fingerprint density at radius 3 is 2.60 bits per heavy atom. The third-order valence-corrected chi connectivity index (χ3v) is 3.42. The minimum absolute atomic E-state index is 0.132. The van der Waals surface area contributed by atoms with Crippen LogP contribution >= 0.6 is 0 Å². The smallest absolute Gasteiger partial charge is 0.0140 e. The van der Waals surface area contributed by atoms with Gasteiger partial charge in [-0.25, -0.2) is 0 Å². The molecule has 1 aromatic rings. The van der Waals surface area contributed by atoms with E-state index in [9.17, 15) is 0 Å². The first-order valence-corrected chi connectivity index (χ1v) is 5.47. The van der Waals surface area contributed by atoms with E-state index in [2.05, 4.69) is 63.8 Å². The molecular weight excluding hydrogens is 180 g/mol. The number of hydrogen-bond acceptors (Lipinski definition) is 0. The first-order chi connectivity index (χ1) is 7.06. The highest BCUT2D eigenvalue weighted by molar-refractivity contribution is 5.66. The lowest BCUT2D eigenvalue weighted by atomic mass is 9.73. The molecule has 1 aromatic carbocycles. The number of hydrogen-bond donors (Lipinski definition) is 0. The van der Waals surface area contributed by atoms with Gasteiger partial charge in [-0.3, -0.25) is 0 Å². The topological polar surface area (TPSA) is 0 Å². The normalized spacial score (nSPS) is 19.7. The predicted molar refractivity (Wildman–Crippen MR) is 66.8 cm³/mol. The van der Waals surface area contributed by atoms with Crippen LogP contribution in [0, 0.1) is 5.41 Å². The van der Waals surface area contributed by atoms with Crippen molar-refractivity contribution < 1.29 is 0 Å². The molecule has 0 amide bonds. The van der Waals surface area contributed by atoms with Crippen molar-refractivity contribution in [3.63, 3.8) is 0 Å². The molecule has 0 saturated carbocycles. The van der Waals surface area contributed by atoms with Gasteiger partial charge < -0.3 is 0 Å². The van der Waals surface area contributed by atoms with Crippen molar-refractivity contribution in [1.29, 1.82) is 0 Å². The number of allylic oxidation sites excluding steroid dienone is 2. The molecule has 78 valence electrons. The Labute approximate surface area is 92.3 Å². The first-order valence-electron chi connectivity index (χ1n) is 5.47. The summed E-state index contributed by atoms with van der Waals surface area (Å²) in [7, 11) is 0. The highest BCUT2D eigenvalue weighted by Gasteiger charge is 2.33. The van der Waals surface area contributed by atoms with Crippen LogP contribution in [0.1, 0.15) is 37.8 Å². The van der Waals surface area contributed by atoms with Gasteiger partial charge in [0.2, 0.25) is 0 Å². The minimum atomic E-state index is 0.132. The van der Waals surface area contributed by atoms with Gasteiger partial charge in [0.1, 0.15) is 0 Å². The van der Waals surface area contributed by atoms with Crippen molar-refractivity contribution >= 4 is 6.08 Å². The maximum atomic E-state index is 3.96. The van der Waals surface area contributed by atoms with Gasteiger partial charge in [-0.1, -0.05) is 55.8 Å². The molecular formula is C15H18. The average molecular weight is 198 g/mol. The Kier molecular flexibility index (Phi) is 2.30. The number of fused-ring (bicyclic) bond motifs is 1. The summed E-state index contributed by atoms with van der Waals surface area (Å²) in [5.41, 5.74) is 4.39. The fourth-order valence-electron chi connectivity index (χ4n) is 2.58. The van der Waals surface area contributed by atoms with Crippen LogP contribution in [0.2, 0.25) is 0 Å². The summed E-state index contributed by atoms with van der Waals surface area (Å²) in [6.07, 6.45) is 4.36. The molecule has 1 aliphatic carbocycles. The molecule has 0 saturated heterocycles. The highest BCUT2D eigenvalue weighted by Crippen LogP contribution is 2.47. The quantitative estimate of drug-likeness (QED) is 0.618. The highest BCUT2D eigenvalue weighted by atomic mass is 14.4. The van der Waals surface area contributed by atoms with Gasteiger partial charge in [0, 0.05) is 5.92 Å². The fourth-order valence-corrected chi connectivity index (χ4v) is 2.58. The second-order valence-corrected chi connectivity index (χ2v) is 4.98. The molecule has 1 unspecified atom stereocenters. The fraction of sp³-hybridized carbons (Fsp3) is 0.333. The molecule has 2 rings (SSSR count). The standard InChI is InChI=1S/C15H18/c1-5-15(3,4)14-11(2)10-12-8-6-7-9-13(12)14/h5-10,14H,1H2,2-4H3. The molecule has 0 heterocycles. The lowest BCUT2D eigenvalue weighted by molar-refractivity contribution is 0.417. The van der Waals surface area contributed by atoms with Crippen LogP contribution in [0.25, 0.3) is 6.08 Å². The van der Waals surface area contributed by atoms with Crippen molar-refractivity contribution in [3.05, 3.63) is 53.6 Å². The molecule has 0 bridgehead atoms. The van der Waals surface area contributed by atoms with Crippen LogP contribution in [0.15, 0.2) is 42.5 Å². The van der Waals surface area contributed by atoms with Crippen molar-refractivity contribution in [3.8, 4) is 0 Å². The molecule has 1 atom stereocenters. The van der Waals surface area contributed by atoms with E-state index in [1.807, 2.05) is 0 Å². The van der Waals surface area contributed by atoms with Gasteiger partial charge in [-0.2, -0.15) is 0 Å². The van der Waals surface area contributed by atoms with Crippen LogP contribution < -0.4 is 0 Å². The summed E-state index contributed by atoms with van der Waals surface area (Å²) in [5.74, 6) is 0.492. The van der Waals surface area contributed by atoms with Gasteiger partial charge in [-0.05, 0) is 23.5 Å². The molecule has 0 N–H and O–H groups in total. The van der Waals surface area contributed by atoms with Crippen LogP contribution in [-0.2, 0) is 0 Å². The van der Waals surface area contributed by atoms with Crippen LogP contribution in [0.4, 0.5) is 0 Å². The van der Waals surface area contributed by atoms with Crippen LogP contribution in [0.3, 0.4) is 0 Å². The minimum Gasteiger partial charge on any atom is -0.103 e. The van der Waals surface area contributed by atoms with Gasteiger partial charge >= 0.3 is 0 Å². The van der Waals surface area contributed by atoms with Crippen molar-refractivity contribution in [2.75, 3.05) is 0 Å². The second-order valence-electron chi connectivity index (χ2n) is 4.98. The molecule has 1 aliphatic rings. The molecule has 0 aromatic heterocycles. The Hall–Kier alpha value is -1.30. The molecule has 0 radical (unpaired) electrons. The zero-order chi connectivity index (χ0) is 11.1. The Bertz CT molecular complexity index is 421. The summed E-state index contributed by atoms with van der Waals surface area (Å²) in [4.78, 5) is 0. The SMILES string of the molecule is C=CC(C)(C)C1C(C)=Cc2ccccc21. The number of rotatable bonds is 2. The molecule has 15 heavy (non-hydrogen) atoms. The third-order valence-electron chi connectivity index (χ3n) is 3.42. The van der Waals surface area contributed by atoms with Gasteiger partial charge in [0.25, 0.3) is 0 Å². The third kappa shape index (κ3) is 1.54. The molecule has 0 fully saturated rings. The summed E-state index contributed by atoms with van der Waals surface area (Å²) in [6.45, 7) is 10.7. The van der Waals surface area contributed by atoms with E-state index in [0.717, 1.165) is 0 Å². The molecule has 0 aliphatic heterocycles. The van der Waals surface area contributed by atoms with E-state index >= 15 is 0 Å². The van der Waals surface area contributed by atoms with Crippen molar-refractivity contribution in [2.24, 2.45) is 5.41 Å². The van der Waals surface area contributed by atoms with E-state index in [1.54, 1.807) is 0 Å². The van der Waals surface area contributed by atoms with Gasteiger partial charge in [0.05, 0.1) is 0 Å². The zero-order valence-electron chi connectivity index (χ0n) is 9.75. The summed E-state index contributed by atoms with van der Waals surface area (Å²) in [6, 6.07) is 8.65. The molecule has 0 nitrogen and oxygen atoms in total. The Morgan fingerprint density at radius 2 is 1.93 bits per heavy atom. The summed E-state index contributed by atoms with van der Waals surface area (Å²) < 4.78 is 0. The van der Waals surface area contributed by atoms with E-state index in [4.69, 9.17) is 0 Å². The maximum absolute atomic E-state index is 3.96. The van der Waals surface area contributed by atoms with E-state index < -0.39 is 0 Å². The lowest BCUT2D eigenvalue weighted by Crippen LogP contribution is -2.18. The summed E-state index contributed by atoms with van der Waals surface area (Å²) >= 11 is 0. The van der Waals surface area contributed by atoms with E-state index in [0.29, 0.717) is 5.92 Å². The van der Waals surface area contributed by atoms with E-state index in [-0.39, 0.29) is 5.41 Å². The Balaban J connectivity index is 2.53. The molecule has 0 spiro atoms. The van der Waals surface area contributed by atoms with E-state index in [1.165, 1.54) is 16.7 Å². The van der Waals surface area contributed by atoms with Crippen molar-refractivity contribution in [1.82, 2.24) is 0 Å². The first kappa shape index (κ1) is 10.2. The summed E-state index contributed by atoms with van der Waals surface area (Å²) in [5, 5.41) is 0. The largest absolute Gasteiger partial charge is 0.103 e. The average Bonchev–Trinajstić information content (AvgIpc) is 2.54. The Morgan fingerprint density at radius 1 is 1.27 bits per heavy atom. The second kappa shape index (κ2) is 3.37. The van der Waals surface area contributed by atoms with Gasteiger partial charge in [-0.15, -0.1) is 6.58 Å². The lowest BCUT2D eigenvalue weighted by Gasteiger charge is -2.30. The monoisotopic (exact) mass is 198 g/mol. The van der Waals surface area contributed by atoms with Crippen molar-refractivity contribution in [2.45, 2.75) is 26.7 Å². The van der Waals surface area contributed by atoms with Gasteiger partial charge in [0.15, 0.2) is 0 Å².